The number of aryl methyl sites for hydroxylation is 1. The van der Waals surface area contributed by atoms with E-state index in [1.165, 1.54) is 21.7 Å². The van der Waals surface area contributed by atoms with Gasteiger partial charge in [-0.25, -0.2) is 4.68 Å². The molecule has 0 N–H and O–H groups in total. The molecule has 0 fully saturated rings. The van der Waals surface area contributed by atoms with E-state index in [9.17, 15) is 22.8 Å². The molecule has 1 aromatic heterocycles. The Morgan fingerprint density at radius 2 is 1.71 bits per heavy atom. The Morgan fingerprint density at radius 3 is 2.42 bits per heavy atom. The second-order valence-corrected chi connectivity index (χ2v) is 7.58. The van der Waals surface area contributed by atoms with Gasteiger partial charge in [0.2, 0.25) is 0 Å². The van der Waals surface area contributed by atoms with Gasteiger partial charge in [0.05, 0.1) is 28.2 Å². The fraction of sp³-hybridized carbons (Fsp3) is 0.261. The van der Waals surface area contributed by atoms with Gasteiger partial charge in [0, 0.05) is 13.1 Å². The van der Waals surface area contributed by atoms with Crippen LogP contribution in [0.1, 0.15) is 38.4 Å². The Kier molecular flexibility index (Phi) is 5.16. The molecule has 2 aromatic carbocycles. The van der Waals surface area contributed by atoms with Gasteiger partial charge in [-0.05, 0) is 49.6 Å². The molecule has 0 radical (unpaired) electrons. The van der Waals surface area contributed by atoms with Crippen molar-refractivity contribution in [3.63, 3.8) is 0 Å². The van der Waals surface area contributed by atoms with Gasteiger partial charge in [-0.1, -0.05) is 30.3 Å². The van der Waals surface area contributed by atoms with Crippen molar-refractivity contribution in [1.29, 1.82) is 0 Å². The minimum atomic E-state index is -4.49. The van der Waals surface area contributed by atoms with Gasteiger partial charge in [0.25, 0.3) is 11.7 Å². The number of hydrogen-bond donors (Lipinski definition) is 0. The Morgan fingerprint density at radius 1 is 1.00 bits per heavy atom. The Labute approximate surface area is 177 Å². The molecular formula is C23H20F3N3O2. The normalized spacial score (nSPS) is 13.8. The van der Waals surface area contributed by atoms with Crippen LogP contribution in [0.3, 0.4) is 0 Å². The van der Waals surface area contributed by atoms with E-state index < -0.39 is 23.4 Å². The number of carbonyl (C=O) groups is 2. The summed E-state index contributed by atoms with van der Waals surface area (Å²) < 4.78 is 40.5. The van der Waals surface area contributed by atoms with Gasteiger partial charge >= 0.3 is 6.18 Å². The number of Topliss-reactive ketones (excluding diaryl/α,β-unsaturated/α-hetero) is 1. The van der Waals surface area contributed by atoms with Crippen LogP contribution >= 0.6 is 0 Å². The third-order valence-electron chi connectivity index (χ3n) is 5.55. The zero-order valence-electron chi connectivity index (χ0n) is 17.0. The van der Waals surface area contributed by atoms with E-state index in [2.05, 4.69) is 5.10 Å². The predicted molar refractivity (Wildman–Crippen MR) is 108 cm³/mol. The number of alkyl halides is 3. The maximum absolute atomic E-state index is 13.1. The first-order chi connectivity index (χ1) is 14.7. The summed E-state index contributed by atoms with van der Waals surface area (Å²) in [6.45, 7) is 3.93. The van der Waals surface area contributed by atoms with Crippen molar-refractivity contribution in [3.05, 3.63) is 82.2 Å². The zero-order valence-corrected chi connectivity index (χ0v) is 17.0. The summed E-state index contributed by atoms with van der Waals surface area (Å²) in [5.74, 6) is -1.34. The number of halogens is 3. The van der Waals surface area contributed by atoms with Crippen molar-refractivity contribution in [2.24, 2.45) is 0 Å². The second kappa shape index (κ2) is 7.68. The first-order valence-corrected chi connectivity index (χ1v) is 9.81. The fourth-order valence-electron chi connectivity index (χ4n) is 3.96. The minimum absolute atomic E-state index is 0.126. The summed E-state index contributed by atoms with van der Waals surface area (Å²) in [5.41, 5.74) is 2.27. The lowest BCUT2D eigenvalue weighted by atomic mass is 9.99. The average Bonchev–Trinajstić information content (AvgIpc) is 3.05. The third kappa shape index (κ3) is 3.85. The molecule has 0 unspecified atom stereocenters. The van der Waals surface area contributed by atoms with E-state index in [-0.39, 0.29) is 11.3 Å². The highest BCUT2D eigenvalue weighted by Crippen LogP contribution is 2.31. The molecule has 1 amide bonds. The lowest BCUT2D eigenvalue weighted by Gasteiger charge is -2.28. The van der Waals surface area contributed by atoms with E-state index in [4.69, 9.17) is 0 Å². The Balaban J connectivity index is 1.63. The van der Waals surface area contributed by atoms with Gasteiger partial charge in [0.15, 0.2) is 0 Å². The van der Waals surface area contributed by atoms with Crippen molar-refractivity contribution in [3.8, 4) is 5.69 Å². The number of hydrogen-bond acceptors (Lipinski definition) is 3. The van der Waals surface area contributed by atoms with Crippen LogP contribution in [-0.4, -0.2) is 32.9 Å². The second-order valence-electron chi connectivity index (χ2n) is 7.58. The Bertz CT molecular complexity index is 1180. The van der Waals surface area contributed by atoms with E-state index in [0.717, 1.165) is 23.3 Å². The molecule has 8 heteroatoms. The highest BCUT2D eigenvalue weighted by atomic mass is 19.4. The van der Waals surface area contributed by atoms with Gasteiger partial charge < -0.3 is 4.90 Å². The Hall–Kier alpha value is -3.42. The average molecular weight is 427 g/mol. The van der Waals surface area contributed by atoms with Crippen molar-refractivity contribution in [1.82, 2.24) is 14.7 Å². The highest BCUT2D eigenvalue weighted by Gasteiger charge is 2.32. The van der Waals surface area contributed by atoms with E-state index >= 15 is 0 Å². The quantitative estimate of drug-likeness (QED) is 0.463. The number of nitrogens with zero attached hydrogens (tertiary/aromatic N) is 3. The molecule has 0 saturated carbocycles. The molecule has 0 atom stereocenters. The van der Waals surface area contributed by atoms with Crippen molar-refractivity contribution >= 4 is 11.7 Å². The van der Waals surface area contributed by atoms with Crippen LogP contribution in [0, 0.1) is 13.8 Å². The molecule has 0 spiro atoms. The number of rotatable bonds is 3. The third-order valence-corrected chi connectivity index (χ3v) is 5.55. The van der Waals surface area contributed by atoms with Gasteiger partial charge in [-0.15, -0.1) is 0 Å². The molecule has 3 aromatic rings. The molecule has 1 aliphatic heterocycles. The van der Waals surface area contributed by atoms with E-state index in [1.54, 1.807) is 13.8 Å². The molecule has 0 aliphatic carbocycles. The molecule has 0 bridgehead atoms. The van der Waals surface area contributed by atoms with Crippen molar-refractivity contribution in [2.45, 2.75) is 33.0 Å². The summed E-state index contributed by atoms with van der Waals surface area (Å²) in [6, 6.07) is 12.5. The molecule has 31 heavy (non-hydrogen) atoms. The van der Waals surface area contributed by atoms with Crippen LogP contribution in [0.25, 0.3) is 5.69 Å². The van der Waals surface area contributed by atoms with E-state index in [1.807, 2.05) is 24.3 Å². The van der Waals surface area contributed by atoms with Gasteiger partial charge in [0.1, 0.15) is 0 Å². The molecule has 2 heterocycles. The maximum Gasteiger partial charge on any atom is 0.416 e. The molecule has 1 aliphatic rings. The number of fused-ring (bicyclic) bond motifs is 1. The van der Waals surface area contributed by atoms with Crippen molar-refractivity contribution in [2.75, 3.05) is 6.54 Å². The lowest BCUT2D eigenvalue weighted by molar-refractivity contribution is -0.137. The first kappa shape index (κ1) is 20.8. The monoisotopic (exact) mass is 427 g/mol. The van der Waals surface area contributed by atoms with Gasteiger partial charge in [-0.2, -0.15) is 18.3 Å². The SMILES string of the molecule is Cc1nn(-c2cccc(C(F)(F)F)c2)c(C)c1C(=O)C(=O)N1CCc2ccccc2C1. The number of aromatic nitrogens is 2. The number of amides is 1. The standard InChI is InChI=1S/C23H20F3N3O2/c1-14-20(15(2)29(27-14)19-9-5-8-18(12-19)23(24,25)26)21(30)22(31)28-11-10-16-6-3-4-7-17(16)13-28/h3-9,12H,10-11,13H2,1-2H3. The molecule has 160 valence electrons. The van der Waals surface area contributed by atoms with Crippen LogP contribution in [0.4, 0.5) is 13.2 Å². The predicted octanol–water partition coefficient (Wildman–Crippen LogP) is 4.28. The van der Waals surface area contributed by atoms with Crippen LogP contribution in [0.5, 0.6) is 0 Å². The number of ketones is 1. The highest BCUT2D eigenvalue weighted by molar-refractivity contribution is 6.43. The largest absolute Gasteiger partial charge is 0.416 e. The van der Waals surface area contributed by atoms with Crippen LogP contribution in [0.15, 0.2) is 48.5 Å². The summed E-state index contributed by atoms with van der Waals surface area (Å²) in [6.07, 6.45) is -3.83. The lowest BCUT2D eigenvalue weighted by Crippen LogP contribution is -2.40. The first-order valence-electron chi connectivity index (χ1n) is 9.81. The summed E-state index contributed by atoms with van der Waals surface area (Å²) >= 11 is 0. The molecule has 4 rings (SSSR count). The maximum atomic E-state index is 13.1. The van der Waals surface area contributed by atoms with E-state index in [0.29, 0.717) is 30.9 Å². The molecule has 5 nitrogen and oxygen atoms in total. The summed E-state index contributed by atoms with van der Waals surface area (Å²) in [5, 5.41) is 4.25. The van der Waals surface area contributed by atoms with Crippen LogP contribution in [-0.2, 0) is 23.9 Å². The van der Waals surface area contributed by atoms with Gasteiger partial charge in [-0.3, -0.25) is 9.59 Å². The summed E-state index contributed by atoms with van der Waals surface area (Å²) in [7, 11) is 0. The molecule has 0 saturated heterocycles. The van der Waals surface area contributed by atoms with Crippen LogP contribution < -0.4 is 0 Å². The fourth-order valence-corrected chi connectivity index (χ4v) is 3.96. The zero-order chi connectivity index (χ0) is 22.3. The molecular weight excluding hydrogens is 407 g/mol. The number of carbonyl (C=O) groups excluding carboxylic acids is 2. The van der Waals surface area contributed by atoms with Crippen molar-refractivity contribution < 1.29 is 22.8 Å². The van der Waals surface area contributed by atoms with Crippen LogP contribution in [0.2, 0.25) is 0 Å². The summed E-state index contributed by atoms with van der Waals surface area (Å²) in [4.78, 5) is 27.5. The smallest absolute Gasteiger partial charge is 0.331 e. The minimum Gasteiger partial charge on any atom is -0.331 e. The topological polar surface area (TPSA) is 55.2 Å². The number of benzene rings is 2.